The molecule has 1 aliphatic heterocycles. The van der Waals surface area contributed by atoms with Gasteiger partial charge in [-0.15, -0.1) is 0 Å². The maximum absolute atomic E-state index is 5.35. The molecular formula is C16H17NO2. The smallest absolute Gasteiger partial charge is 0.161 e. The first-order valence-corrected chi connectivity index (χ1v) is 6.37. The summed E-state index contributed by atoms with van der Waals surface area (Å²) < 4.78 is 10.6. The standard InChI is InChI=1S/C16H17NO2/c1-18-15-9-8-12(10-16(15)19-2)14-11-17(14)13-6-4-3-5-7-13/h3-10,14H,11H2,1-2H3. The molecule has 1 atom stereocenters. The number of anilines is 1. The molecule has 0 aromatic heterocycles. The van der Waals surface area contributed by atoms with Crippen LogP contribution in [0.25, 0.3) is 0 Å². The zero-order valence-electron chi connectivity index (χ0n) is 11.2. The monoisotopic (exact) mass is 255 g/mol. The first-order chi connectivity index (χ1) is 9.33. The van der Waals surface area contributed by atoms with E-state index in [1.807, 2.05) is 12.1 Å². The Morgan fingerprint density at radius 1 is 0.947 bits per heavy atom. The third kappa shape index (κ3) is 2.24. The molecule has 1 heterocycles. The first kappa shape index (κ1) is 11.9. The van der Waals surface area contributed by atoms with Crippen LogP contribution in [0.15, 0.2) is 48.5 Å². The summed E-state index contributed by atoms with van der Waals surface area (Å²) in [5.74, 6) is 1.57. The average molecular weight is 255 g/mol. The summed E-state index contributed by atoms with van der Waals surface area (Å²) in [6.45, 7) is 1.06. The van der Waals surface area contributed by atoms with Gasteiger partial charge < -0.3 is 14.4 Å². The summed E-state index contributed by atoms with van der Waals surface area (Å²) in [5, 5.41) is 0. The lowest BCUT2D eigenvalue weighted by Gasteiger charge is -2.10. The van der Waals surface area contributed by atoms with Crippen LogP contribution in [-0.2, 0) is 0 Å². The van der Waals surface area contributed by atoms with Crippen molar-refractivity contribution in [2.24, 2.45) is 0 Å². The molecule has 1 aliphatic rings. The van der Waals surface area contributed by atoms with Gasteiger partial charge in [0.15, 0.2) is 11.5 Å². The van der Waals surface area contributed by atoms with Gasteiger partial charge in [-0.05, 0) is 29.8 Å². The predicted octanol–water partition coefficient (Wildman–Crippen LogP) is 3.27. The minimum absolute atomic E-state index is 0.446. The number of para-hydroxylation sites is 1. The summed E-state index contributed by atoms with van der Waals surface area (Å²) in [5.41, 5.74) is 2.53. The lowest BCUT2D eigenvalue weighted by atomic mass is 10.1. The number of methoxy groups -OCH3 is 2. The van der Waals surface area contributed by atoms with Crippen molar-refractivity contribution in [2.45, 2.75) is 6.04 Å². The normalized spacial score (nSPS) is 17.2. The molecule has 0 aliphatic carbocycles. The quantitative estimate of drug-likeness (QED) is 0.783. The van der Waals surface area contributed by atoms with E-state index in [9.17, 15) is 0 Å². The number of benzene rings is 2. The second-order valence-corrected chi connectivity index (χ2v) is 4.62. The van der Waals surface area contributed by atoms with Gasteiger partial charge in [0.1, 0.15) is 0 Å². The van der Waals surface area contributed by atoms with Crippen LogP contribution in [0.3, 0.4) is 0 Å². The minimum Gasteiger partial charge on any atom is -0.493 e. The Bertz CT molecular complexity index is 568. The second-order valence-electron chi connectivity index (χ2n) is 4.62. The fraction of sp³-hybridized carbons (Fsp3) is 0.250. The molecule has 0 amide bonds. The second kappa shape index (κ2) is 4.84. The van der Waals surface area contributed by atoms with Gasteiger partial charge in [-0.2, -0.15) is 0 Å². The Morgan fingerprint density at radius 2 is 1.68 bits per heavy atom. The topological polar surface area (TPSA) is 21.5 Å². The summed E-state index contributed by atoms with van der Waals surface area (Å²) in [6.07, 6.45) is 0. The van der Waals surface area contributed by atoms with Crippen LogP contribution in [0, 0.1) is 0 Å². The Balaban J connectivity index is 1.82. The average Bonchev–Trinajstić information content (AvgIpc) is 3.28. The van der Waals surface area contributed by atoms with E-state index in [4.69, 9.17) is 9.47 Å². The zero-order chi connectivity index (χ0) is 13.2. The van der Waals surface area contributed by atoms with E-state index in [0.717, 1.165) is 18.0 Å². The molecular weight excluding hydrogens is 238 g/mol. The minimum atomic E-state index is 0.446. The SMILES string of the molecule is COc1ccc(C2CN2c2ccccc2)cc1OC. The molecule has 0 radical (unpaired) electrons. The molecule has 0 saturated carbocycles. The van der Waals surface area contributed by atoms with Gasteiger partial charge in [0.2, 0.25) is 0 Å². The molecule has 1 saturated heterocycles. The van der Waals surface area contributed by atoms with Crippen LogP contribution in [0.4, 0.5) is 5.69 Å². The van der Waals surface area contributed by atoms with Crippen LogP contribution in [0.1, 0.15) is 11.6 Å². The zero-order valence-corrected chi connectivity index (χ0v) is 11.2. The van der Waals surface area contributed by atoms with Crippen LogP contribution >= 0.6 is 0 Å². The van der Waals surface area contributed by atoms with Crippen molar-refractivity contribution >= 4 is 5.69 Å². The molecule has 3 rings (SSSR count). The number of hydrogen-bond donors (Lipinski definition) is 0. The van der Waals surface area contributed by atoms with Crippen molar-refractivity contribution in [1.82, 2.24) is 0 Å². The van der Waals surface area contributed by atoms with Crippen LogP contribution in [0.2, 0.25) is 0 Å². The lowest BCUT2D eigenvalue weighted by molar-refractivity contribution is 0.354. The highest BCUT2D eigenvalue weighted by atomic mass is 16.5. The Labute approximate surface area is 113 Å². The molecule has 2 aromatic carbocycles. The van der Waals surface area contributed by atoms with E-state index in [0.29, 0.717) is 6.04 Å². The molecule has 19 heavy (non-hydrogen) atoms. The van der Waals surface area contributed by atoms with Crippen LogP contribution < -0.4 is 14.4 Å². The van der Waals surface area contributed by atoms with Crippen molar-refractivity contribution < 1.29 is 9.47 Å². The van der Waals surface area contributed by atoms with Crippen molar-refractivity contribution in [1.29, 1.82) is 0 Å². The summed E-state index contributed by atoms with van der Waals surface area (Å²) in [6, 6.07) is 17.0. The van der Waals surface area contributed by atoms with Gasteiger partial charge in [-0.3, -0.25) is 0 Å². The number of hydrogen-bond acceptors (Lipinski definition) is 3. The van der Waals surface area contributed by atoms with Gasteiger partial charge in [0, 0.05) is 12.2 Å². The van der Waals surface area contributed by atoms with E-state index in [-0.39, 0.29) is 0 Å². The summed E-state index contributed by atoms with van der Waals surface area (Å²) in [7, 11) is 3.33. The highest BCUT2D eigenvalue weighted by Crippen LogP contribution is 2.42. The van der Waals surface area contributed by atoms with E-state index < -0.39 is 0 Å². The Morgan fingerprint density at radius 3 is 2.37 bits per heavy atom. The first-order valence-electron chi connectivity index (χ1n) is 6.37. The molecule has 3 heteroatoms. The molecule has 1 unspecified atom stereocenters. The highest BCUT2D eigenvalue weighted by molar-refractivity contribution is 5.57. The molecule has 1 fully saturated rings. The van der Waals surface area contributed by atoms with E-state index in [2.05, 4.69) is 41.3 Å². The maximum Gasteiger partial charge on any atom is 0.161 e. The largest absolute Gasteiger partial charge is 0.493 e. The van der Waals surface area contributed by atoms with Crippen molar-refractivity contribution in [3.05, 3.63) is 54.1 Å². The number of nitrogens with zero attached hydrogens (tertiary/aromatic N) is 1. The van der Waals surface area contributed by atoms with Gasteiger partial charge in [0.25, 0.3) is 0 Å². The third-order valence-corrected chi connectivity index (χ3v) is 3.49. The van der Waals surface area contributed by atoms with Crippen molar-refractivity contribution in [3.8, 4) is 11.5 Å². The van der Waals surface area contributed by atoms with E-state index >= 15 is 0 Å². The van der Waals surface area contributed by atoms with E-state index in [1.165, 1.54) is 11.3 Å². The van der Waals surface area contributed by atoms with Crippen molar-refractivity contribution in [2.75, 3.05) is 25.7 Å². The van der Waals surface area contributed by atoms with Gasteiger partial charge in [0.05, 0.1) is 20.3 Å². The number of rotatable bonds is 4. The van der Waals surface area contributed by atoms with Gasteiger partial charge in [-0.25, -0.2) is 0 Å². The fourth-order valence-electron chi connectivity index (χ4n) is 2.39. The van der Waals surface area contributed by atoms with Gasteiger partial charge >= 0.3 is 0 Å². The van der Waals surface area contributed by atoms with Crippen LogP contribution in [0.5, 0.6) is 11.5 Å². The molecule has 0 bridgehead atoms. The van der Waals surface area contributed by atoms with Crippen molar-refractivity contribution in [3.63, 3.8) is 0 Å². The van der Waals surface area contributed by atoms with Gasteiger partial charge in [-0.1, -0.05) is 24.3 Å². The lowest BCUT2D eigenvalue weighted by Crippen LogP contribution is -1.96. The summed E-state index contributed by atoms with van der Waals surface area (Å²) in [4.78, 5) is 2.36. The Hall–Kier alpha value is -2.16. The van der Waals surface area contributed by atoms with E-state index in [1.54, 1.807) is 14.2 Å². The van der Waals surface area contributed by atoms with Crippen LogP contribution in [-0.4, -0.2) is 20.8 Å². The maximum atomic E-state index is 5.35. The molecule has 0 spiro atoms. The molecule has 98 valence electrons. The number of ether oxygens (including phenoxy) is 2. The highest BCUT2D eigenvalue weighted by Gasteiger charge is 2.35. The Kier molecular flexibility index (Phi) is 3.03. The summed E-state index contributed by atoms with van der Waals surface area (Å²) >= 11 is 0. The fourth-order valence-corrected chi connectivity index (χ4v) is 2.39. The molecule has 0 N–H and O–H groups in total. The molecule has 2 aromatic rings. The predicted molar refractivity (Wildman–Crippen MR) is 76.1 cm³/mol. The molecule has 3 nitrogen and oxygen atoms in total. The third-order valence-electron chi connectivity index (χ3n) is 3.49.